The predicted molar refractivity (Wildman–Crippen MR) is 92.8 cm³/mol. The average molecular weight is 302 g/mol. The fraction of sp³-hybridized carbons (Fsp3) is 0.158. The molecule has 0 aliphatic carbocycles. The summed E-state index contributed by atoms with van der Waals surface area (Å²) in [6, 6.07) is 20.3. The fourth-order valence-electron chi connectivity index (χ4n) is 2.45. The topological polar surface area (TPSA) is 44.9 Å². The Kier molecular flexibility index (Phi) is 3.86. The Labute approximate surface area is 136 Å². The maximum absolute atomic E-state index is 9.20. The van der Waals surface area contributed by atoms with Gasteiger partial charge in [0.05, 0.1) is 11.4 Å². The molecule has 4 heteroatoms. The van der Waals surface area contributed by atoms with Crippen LogP contribution in [0.25, 0.3) is 16.9 Å². The molecule has 0 N–H and O–H groups in total. The lowest BCUT2D eigenvalue weighted by atomic mass is 10.1. The van der Waals surface area contributed by atoms with Crippen LogP contribution >= 0.6 is 0 Å². The first-order valence-electron chi connectivity index (χ1n) is 7.43. The monoisotopic (exact) mass is 302 g/mol. The van der Waals surface area contributed by atoms with Crippen molar-refractivity contribution in [1.29, 1.82) is 5.26 Å². The Morgan fingerprint density at radius 2 is 1.65 bits per heavy atom. The number of aryl methyl sites for hydroxylation is 1. The zero-order valence-corrected chi connectivity index (χ0v) is 13.5. The van der Waals surface area contributed by atoms with Gasteiger partial charge in [0.1, 0.15) is 6.07 Å². The standard InChI is InChI=1S/C19H18N4/c1-14-4-8-18(9-5-14)23-19(12-16(13-20)21-23)15-6-10-17(11-7-15)22(2)3/h4-12H,1-3H3. The van der Waals surface area contributed by atoms with Crippen molar-refractivity contribution in [2.75, 3.05) is 19.0 Å². The van der Waals surface area contributed by atoms with Gasteiger partial charge in [-0.3, -0.25) is 0 Å². The van der Waals surface area contributed by atoms with E-state index < -0.39 is 0 Å². The highest BCUT2D eigenvalue weighted by Gasteiger charge is 2.11. The van der Waals surface area contributed by atoms with Gasteiger partial charge in [0.15, 0.2) is 5.69 Å². The second-order valence-electron chi connectivity index (χ2n) is 5.72. The molecule has 2 aromatic carbocycles. The van der Waals surface area contributed by atoms with Crippen LogP contribution < -0.4 is 4.90 Å². The summed E-state index contributed by atoms with van der Waals surface area (Å²) >= 11 is 0. The van der Waals surface area contributed by atoms with Crippen molar-refractivity contribution in [3.05, 3.63) is 65.9 Å². The largest absolute Gasteiger partial charge is 0.378 e. The first kappa shape index (κ1) is 14.9. The molecule has 0 bridgehead atoms. The minimum Gasteiger partial charge on any atom is -0.378 e. The van der Waals surface area contributed by atoms with Gasteiger partial charge in [-0.2, -0.15) is 10.4 Å². The van der Waals surface area contributed by atoms with E-state index in [0.29, 0.717) is 5.69 Å². The number of hydrogen-bond donors (Lipinski definition) is 0. The second kappa shape index (κ2) is 5.98. The molecule has 4 nitrogen and oxygen atoms in total. The van der Waals surface area contributed by atoms with E-state index in [1.807, 2.05) is 49.1 Å². The molecule has 0 saturated heterocycles. The molecule has 0 saturated carbocycles. The summed E-state index contributed by atoms with van der Waals surface area (Å²) in [5.41, 5.74) is 5.64. The van der Waals surface area contributed by atoms with Crippen molar-refractivity contribution in [3.63, 3.8) is 0 Å². The van der Waals surface area contributed by atoms with Gasteiger partial charge >= 0.3 is 0 Å². The van der Waals surface area contributed by atoms with E-state index in [1.165, 1.54) is 5.56 Å². The zero-order chi connectivity index (χ0) is 16.4. The van der Waals surface area contributed by atoms with Crippen LogP contribution in [0.4, 0.5) is 5.69 Å². The summed E-state index contributed by atoms with van der Waals surface area (Å²) < 4.78 is 1.82. The number of hydrogen-bond acceptors (Lipinski definition) is 3. The van der Waals surface area contributed by atoms with E-state index in [9.17, 15) is 5.26 Å². The molecular weight excluding hydrogens is 284 g/mol. The Hall–Kier alpha value is -3.06. The molecule has 3 rings (SSSR count). The summed E-state index contributed by atoms with van der Waals surface area (Å²) in [4.78, 5) is 2.06. The Morgan fingerprint density at radius 1 is 1.00 bits per heavy atom. The summed E-state index contributed by atoms with van der Waals surface area (Å²) in [6.07, 6.45) is 0. The molecule has 114 valence electrons. The van der Waals surface area contributed by atoms with Crippen LogP contribution in [0, 0.1) is 18.3 Å². The van der Waals surface area contributed by atoms with Gasteiger partial charge in [0, 0.05) is 31.4 Å². The first-order chi connectivity index (χ1) is 11.1. The highest BCUT2D eigenvalue weighted by Crippen LogP contribution is 2.26. The predicted octanol–water partition coefficient (Wildman–Crippen LogP) is 3.79. The van der Waals surface area contributed by atoms with Crippen LogP contribution in [0.1, 0.15) is 11.3 Å². The van der Waals surface area contributed by atoms with E-state index >= 15 is 0 Å². The molecule has 1 aromatic heterocycles. The van der Waals surface area contributed by atoms with Crippen molar-refractivity contribution in [2.45, 2.75) is 6.92 Å². The number of benzene rings is 2. The van der Waals surface area contributed by atoms with E-state index in [4.69, 9.17) is 0 Å². The number of nitriles is 1. The van der Waals surface area contributed by atoms with Crippen LogP contribution in [0.5, 0.6) is 0 Å². The highest BCUT2D eigenvalue weighted by atomic mass is 15.3. The minimum absolute atomic E-state index is 0.414. The quantitative estimate of drug-likeness (QED) is 0.739. The van der Waals surface area contributed by atoms with Gasteiger partial charge < -0.3 is 4.90 Å². The average Bonchev–Trinajstić information content (AvgIpc) is 3.00. The van der Waals surface area contributed by atoms with E-state index in [1.54, 1.807) is 0 Å². The third-order valence-electron chi connectivity index (χ3n) is 3.78. The third-order valence-corrected chi connectivity index (χ3v) is 3.78. The molecule has 23 heavy (non-hydrogen) atoms. The molecule has 0 unspecified atom stereocenters. The lowest BCUT2D eigenvalue weighted by Gasteiger charge is -2.13. The van der Waals surface area contributed by atoms with Crippen molar-refractivity contribution in [3.8, 4) is 23.0 Å². The van der Waals surface area contributed by atoms with Crippen LogP contribution in [0.2, 0.25) is 0 Å². The number of rotatable bonds is 3. The molecule has 0 aliphatic heterocycles. The fourth-order valence-corrected chi connectivity index (χ4v) is 2.45. The van der Waals surface area contributed by atoms with Gasteiger partial charge in [0.25, 0.3) is 0 Å². The van der Waals surface area contributed by atoms with Crippen LogP contribution in [0.3, 0.4) is 0 Å². The molecule has 0 fully saturated rings. The minimum atomic E-state index is 0.414. The molecule has 0 radical (unpaired) electrons. The van der Waals surface area contributed by atoms with Crippen molar-refractivity contribution >= 4 is 5.69 Å². The molecule has 0 spiro atoms. The van der Waals surface area contributed by atoms with Gasteiger partial charge in [-0.25, -0.2) is 4.68 Å². The maximum Gasteiger partial charge on any atom is 0.163 e. The third kappa shape index (κ3) is 2.95. The summed E-state index contributed by atoms with van der Waals surface area (Å²) in [5, 5.41) is 13.6. The van der Waals surface area contributed by atoms with Gasteiger partial charge in [-0.05, 0) is 31.2 Å². The normalized spacial score (nSPS) is 10.3. The molecule has 0 amide bonds. The molecular formula is C19H18N4. The maximum atomic E-state index is 9.20. The molecule has 1 heterocycles. The number of nitrogens with zero attached hydrogens (tertiary/aromatic N) is 4. The Balaban J connectivity index is 2.10. The number of aromatic nitrogens is 2. The highest BCUT2D eigenvalue weighted by molar-refractivity contribution is 5.66. The lowest BCUT2D eigenvalue weighted by Crippen LogP contribution is -2.08. The van der Waals surface area contributed by atoms with Crippen molar-refractivity contribution < 1.29 is 0 Å². The van der Waals surface area contributed by atoms with Crippen molar-refractivity contribution in [1.82, 2.24) is 9.78 Å². The molecule has 3 aromatic rings. The summed E-state index contributed by atoms with van der Waals surface area (Å²) in [5.74, 6) is 0. The molecule has 0 aliphatic rings. The second-order valence-corrected chi connectivity index (χ2v) is 5.72. The summed E-state index contributed by atoms with van der Waals surface area (Å²) in [6.45, 7) is 2.05. The van der Waals surface area contributed by atoms with Gasteiger partial charge in [-0.1, -0.05) is 29.8 Å². The first-order valence-corrected chi connectivity index (χ1v) is 7.43. The van der Waals surface area contributed by atoms with Crippen LogP contribution in [0.15, 0.2) is 54.6 Å². The molecule has 0 atom stereocenters. The van der Waals surface area contributed by atoms with E-state index in [0.717, 1.165) is 22.6 Å². The zero-order valence-electron chi connectivity index (χ0n) is 13.5. The SMILES string of the molecule is Cc1ccc(-n2nc(C#N)cc2-c2ccc(N(C)C)cc2)cc1. The van der Waals surface area contributed by atoms with Crippen LogP contribution in [-0.4, -0.2) is 23.9 Å². The Morgan fingerprint density at radius 3 is 2.22 bits per heavy atom. The smallest absolute Gasteiger partial charge is 0.163 e. The number of anilines is 1. The van der Waals surface area contributed by atoms with Crippen molar-refractivity contribution in [2.24, 2.45) is 0 Å². The van der Waals surface area contributed by atoms with Crippen LogP contribution in [-0.2, 0) is 0 Å². The summed E-state index contributed by atoms with van der Waals surface area (Å²) in [7, 11) is 4.03. The van der Waals surface area contributed by atoms with Gasteiger partial charge in [0.2, 0.25) is 0 Å². The lowest BCUT2D eigenvalue weighted by molar-refractivity contribution is 0.880. The van der Waals surface area contributed by atoms with Gasteiger partial charge in [-0.15, -0.1) is 0 Å². The van der Waals surface area contributed by atoms with E-state index in [2.05, 4.69) is 47.3 Å². The van der Waals surface area contributed by atoms with E-state index in [-0.39, 0.29) is 0 Å². The Bertz CT molecular complexity index is 850.